The van der Waals surface area contributed by atoms with E-state index in [1.54, 1.807) is 29.5 Å². The van der Waals surface area contributed by atoms with Crippen LogP contribution in [0.2, 0.25) is 0 Å². The van der Waals surface area contributed by atoms with Gasteiger partial charge in [0.2, 0.25) is 0 Å². The van der Waals surface area contributed by atoms with Gasteiger partial charge in [-0.1, -0.05) is 13.3 Å². The third kappa shape index (κ3) is 4.85. The smallest absolute Gasteiger partial charge is 0.315 e. The Morgan fingerprint density at radius 2 is 2.27 bits per heavy atom. The number of nitrogens with zero attached hydrogens (tertiary/aromatic N) is 3. The van der Waals surface area contributed by atoms with Crippen molar-refractivity contribution in [2.24, 2.45) is 0 Å². The van der Waals surface area contributed by atoms with Gasteiger partial charge in [0, 0.05) is 31.7 Å². The van der Waals surface area contributed by atoms with Crippen molar-refractivity contribution in [1.29, 1.82) is 0 Å². The summed E-state index contributed by atoms with van der Waals surface area (Å²) in [5.41, 5.74) is 0.933. The Morgan fingerprint density at radius 3 is 3.00 bits per heavy atom. The van der Waals surface area contributed by atoms with Gasteiger partial charge in [0.1, 0.15) is 12.1 Å². The number of aliphatic hydroxyl groups excluding tert-OH is 1. The van der Waals surface area contributed by atoms with Crippen LogP contribution in [0, 0.1) is 0 Å². The molecule has 0 spiro atoms. The zero-order valence-electron chi connectivity index (χ0n) is 12.6. The van der Waals surface area contributed by atoms with Crippen LogP contribution in [0.1, 0.15) is 25.3 Å². The normalized spacial score (nSPS) is 11.9. The number of hydrogen-bond donors (Lipinski definition) is 3. The van der Waals surface area contributed by atoms with Crippen LogP contribution in [0.25, 0.3) is 5.82 Å². The van der Waals surface area contributed by atoms with Crippen LogP contribution < -0.4 is 10.6 Å². The van der Waals surface area contributed by atoms with Crippen molar-refractivity contribution >= 4 is 6.03 Å². The molecule has 0 aliphatic heterocycles. The zero-order valence-corrected chi connectivity index (χ0v) is 12.6. The van der Waals surface area contributed by atoms with Crippen molar-refractivity contribution in [3.8, 4) is 5.82 Å². The summed E-state index contributed by atoms with van der Waals surface area (Å²) in [5, 5.41) is 15.0. The van der Waals surface area contributed by atoms with E-state index in [0.29, 0.717) is 13.0 Å². The highest BCUT2D eigenvalue weighted by atomic mass is 16.3. The van der Waals surface area contributed by atoms with Crippen molar-refractivity contribution in [1.82, 2.24) is 25.2 Å². The highest BCUT2D eigenvalue weighted by molar-refractivity contribution is 5.73. The van der Waals surface area contributed by atoms with Crippen LogP contribution in [0.5, 0.6) is 0 Å². The first-order valence-corrected chi connectivity index (χ1v) is 7.32. The van der Waals surface area contributed by atoms with Crippen molar-refractivity contribution in [2.75, 3.05) is 6.54 Å². The fourth-order valence-corrected chi connectivity index (χ4v) is 2.00. The molecule has 1 unspecified atom stereocenters. The number of rotatable bonds is 7. The van der Waals surface area contributed by atoms with Crippen LogP contribution in [0.3, 0.4) is 0 Å². The standard InChI is InChI=1S/C15H21N5O2/c1-2-3-13(21)10-19-15(22)18-9-12-4-5-17-14(8-12)20-7-6-16-11-20/h4-8,11,13,21H,2-3,9-10H2,1H3,(H2,18,19,22). The fraction of sp³-hybridized carbons (Fsp3) is 0.400. The van der Waals surface area contributed by atoms with Gasteiger partial charge in [-0.2, -0.15) is 0 Å². The van der Waals surface area contributed by atoms with E-state index in [-0.39, 0.29) is 12.6 Å². The number of nitrogens with one attached hydrogen (secondary N) is 2. The summed E-state index contributed by atoms with van der Waals surface area (Å²) in [6.07, 6.45) is 7.92. The molecule has 2 aromatic heterocycles. The van der Waals surface area contributed by atoms with Gasteiger partial charge < -0.3 is 15.7 Å². The van der Waals surface area contributed by atoms with Gasteiger partial charge in [-0.3, -0.25) is 4.57 Å². The molecule has 0 saturated carbocycles. The largest absolute Gasteiger partial charge is 0.391 e. The van der Waals surface area contributed by atoms with Gasteiger partial charge in [-0.15, -0.1) is 0 Å². The van der Waals surface area contributed by atoms with Gasteiger partial charge in [-0.05, 0) is 24.1 Å². The van der Waals surface area contributed by atoms with E-state index < -0.39 is 6.10 Å². The number of aromatic nitrogens is 3. The second-order valence-electron chi connectivity index (χ2n) is 5.00. The van der Waals surface area contributed by atoms with E-state index in [1.165, 1.54) is 0 Å². The maximum absolute atomic E-state index is 11.7. The molecule has 0 bridgehead atoms. The van der Waals surface area contributed by atoms with Crippen LogP contribution >= 0.6 is 0 Å². The summed E-state index contributed by atoms with van der Waals surface area (Å²) in [6.45, 7) is 2.64. The van der Waals surface area contributed by atoms with E-state index in [2.05, 4.69) is 20.6 Å². The number of aliphatic hydroxyl groups is 1. The minimum Gasteiger partial charge on any atom is -0.391 e. The van der Waals surface area contributed by atoms with Gasteiger partial charge in [0.25, 0.3) is 0 Å². The minimum absolute atomic E-state index is 0.260. The van der Waals surface area contributed by atoms with E-state index in [0.717, 1.165) is 17.8 Å². The molecule has 2 aromatic rings. The molecule has 0 saturated heterocycles. The monoisotopic (exact) mass is 303 g/mol. The zero-order chi connectivity index (χ0) is 15.8. The minimum atomic E-state index is -0.496. The predicted octanol–water partition coefficient (Wildman–Crippen LogP) is 1.23. The Labute approximate surface area is 129 Å². The summed E-state index contributed by atoms with van der Waals surface area (Å²) >= 11 is 0. The maximum atomic E-state index is 11.7. The van der Waals surface area contributed by atoms with Gasteiger partial charge >= 0.3 is 6.03 Å². The molecule has 1 atom stereocenters. The van der Waals surface area contributed by atoms with Gasteiger partial charge in [0.05, 0.1) is 6.10 Å². The Kier molecular flexibility index (Phi) is 5.91. The number of carbonyl (C=O) groups is 1. The molecular formula is C15H21N5O2. The molecule has 22 heavy (non-hydrogen) atoms. The van der Waals surface area contributed by atoms with Crippen molar-refractivity contribution < 1.29 is 9.90 Å². The molecule has 3 N–H and O–H groups in total. The molecule has 0 fully saturated rings. The first-order chi connectivity index (χ1) is 10.7. The Bertz CT molecular complexity index is 585. The Balaban J connectivity index is 1.82. The third-order valence-corrected chi connectivity index (χ3v) is 3.15. The summed E-state index contributed by atoms with van der Waals surface area (Å²) in [7, 11) is 0. The van der Waals surface area contributed by atoms with E-state index >= 15 is 0 Å². The highest BCUT2D eigenvalue weighted by Crippen LogP contribution is 2.06. The molecule has 2 rings (SSSR count). The molecule has 2 amide bonds. The molecule has 0 radical (unpaired) electrons. The first-order valence-electron chi connectivity index (χ1n) is 7.32. The van der Waals surface area contributed by atoms with Crippen LogP contribution in [0.15, 0.2) is 37.1 Å². The lowest BCUT2D eigenvalue weighted by molar-refractivity contribution is 0.160. The molecular weight excluding hydrogens is 282 g/mol. The highest BCUT2D eigenvalue weighted by Gasteiger charge is 2.06. The molecule has 7 heteroatoms. The fourth-order valence-electron chi connectivity index (χ4n) is 2.00. The van der Waals surface area contributed by atoms with Crippen LogP contribution in [-0.2, 0) is 6.54 Å². The molecule has 0 aliphatic carbocycles. The summed E-state index contributed by atoms with van der Waals surface area (Å²) in [5.74, 6) is 0.746. The summed E-state index contributed by atoms with van der Waals surface area (Å²) in [6, 6.07) is 3.43. The van der Waals surface area contributed by atoms with Crippen LogP contribution in [0.4, 0.5) is 4.79 Å². The van der Waals surface area contributed by atoms with E-state index in [4.69, 9.17) is 0 Å². The van der Waals surface area contributed by atoms with Crippen molar-refractivity contribution in [2.45, 2.75) is 32.4 Å². The first kappa shape index (κ1) is 16.0. The Morgan fingerprint density at radius 1 is 1.41 bits per heavy atom. The quantitative estimate of drug-likeness (QED) is 0.717. The Hall–Kier alpha value is -2.41. The average Bonchev–Trinajstić information content (AvgIpc) is 3.06. The molecule has 2 heterocycles. The number of carbonyl (C=O) groups excluding carboxylic acids is 1. The number of imidazole rings is 1. The van der Waals surface area contributed by atoms with Crippen LogP contribution in [-0.4, -0.2) is 38.3 Å². The molecule has 7 nitrogen and oxygen atoms in total. The number of pyridine rings is 1. The number of urea groups is 1. The number of hydrogen-bond acceptors (Lipinski definition) is 4. The predicted molar refractivity (Wildman–Crippen MR) is 82.5 cm³/mol. The summed E-state index contributed by atoms with van der Waals surface area (Å²) in [4.78, 5) is 19.9. The number of amides is 2. The average molecular weight is 303 g/mol. The molecule has 118 valence electrons. The second kappa shape index (κ2) is 8.14. The SMILES string of the molecule is CCCC(O)CNC(=O)NCc1ccnc(-n2ccnc2)c1. The molecule has 0 aliphatic rings. The topological polar surface area (TPSA) is 92.1 Å². The third-order valence-electron chi connectivity index (χ3n) is 3.15. The lowest BCUT2D eigenvalue weighted by Crippen LogP contribution is -2.39. The molecule has 0 aromatic carbocycles. The van der Waals surface area contributed by atoms with Gasteiger partial charge in [-0.25, -0.2) is 14.8 Å². The van der Waals surface area contributed by atoms with Crippen molar-refractivity contribution in [3.63, 3.8) is 0 Å². The maximum Gasteiger partial charge on any atom is 0.315 e. The summed E-state index contributed by atoms with van der Waals surface area (Å²) < 4.78 is 1.80. The van der Waals surface area contributed by atoms with Crippen molar-refractivity contribution in [3.05, 3.63) is 42.6 Å². The van der Waals surface area contributed by atoms with E-state index in [1.807, 2.05) is 19.1 Å². The van der Waals surface area contributed by atoms with E-state index in [9.17, 15) is 9.90 Å². The lowest BCUT2D eigenvalue weighted by Gasteiger charge is -2.12. The second-order valence-corrected chi connectivity index (χ2v) is 5.00. The van der Waals surface area contributed by atoms with Gasteiger partial charge in [0.15, 0.2) is 0 Å². The lowest BCUT2D eigenvalue weighted by atomic mass is 10.2.